The summed E-state index contributed by atoms with van der Waals surface area (Å²) in [6, 6.07) is 0.485. The van der Waals surface area contributed by atoms with Gasteiger partial charge in [-0.3, -0.25) is 4.79 Å². The minimum Gasteiger partial charge on any atom is -0.335 e. The maximum absolute atomic E-state index is 12.8. The molecule has 4 nitrogen and oxygen atoms in total. The lowest BCUT2D eigenvalue weighted by Gasteiger charge is -2.30. The van der Waals surface area contributed by atoms with E-state index in [1.807, 2.05) is 13.8 Å². The van der Waals surface area contributed by atoms with E-state index in [9.17, 15) is 4.79 Å². The fourth-order valence-electron chi connectivity index (χ4n) is 2.99. The third-order valence-electron chi connectivity index (χ3n) is 4.26. The van der Waals surface area contributed by atoms with Crippen LogP contribution in [-0.2, 0) is 0 Å². The number of carbonyl (C=O) groups excluding carboxylic acids is 1. The second kappa shape index (κ2) is 5.82. The Hall–Kier alpha value is -0.940. The van der Waals surface area contributed by atoms with Crippen LogP contribution in [0, 0.1) is 19.8 Å². The highest BCUT2D eigenvalue weighted by Crippen LogP contribution is 2.32. The first-order chi connectivity index (χ1) is 9.65. The highest BCUT2D eigenvalue weighted by Gasteiger charge is 2.35. The topological polar surface area (TPSA) is 45.2 Å². The van der Waals surface area contributed by atoms with Crippen molar-refractivity contribution in [2.75, 3.05) is 19.6 Å². The van der Waals surface area contributed by atoms with E-state index in [1.165, 1.54) is 25.7 Å². The predicted molar refractivity (Wildman–Crippen MR) is 81.2 cm³/mol. The molecular weight excluding hydrogens is 270 g/mol. The lowest BCUT2D eigenvalue weighted by molar-refractivity contribution is 0.0705. The summed E-state index contributed by atoms with van der Waals surface area (Å²) >= 11 is 1.54. The molecule has 0 aromatic carbocycles. The van der Waals surface area contributed by atoms with E-state index in [4.69, 9.17) is 0 Å². The van der Waals surface area contributed by atoms with Crippen LogP contribution in [0.5, 0.6) is 0 Å². The summed E-state index contributed by atoms with van der Waals surface area (Å²) in [6.45, 7) is 7.04. The normalized spacial score (nSPS) is 20.1. The average molecular weight is 293 g/mol. The van der Waals surface area contributed by atoms with Crippen LogP contribution in [0.2, 0.25) is 0 Å². The van der Waals surface area contributed by atoms with Crippen LogP contribution in [-0.4, -0.2) is 41.5 Å². The quantitative estimate of drug-likeness (QED) is 0.927. The molecule has 2 aliphatic rings. The third-order valence-corrected chi connectivity index (χ3v) is 5.32. The van der Waals surface area contributed by atoms with E-state index in [1.54, 1.807) is 11.3 Å². The van der Waals surface area contributed by atoms with Gasteiger partial charge in [0, 0.05) is 12.6 Å². The first-order valence-electron chi connectivity index (χ1n) is 7.61. The molecule has 5 heteroatoms. The van der Waals surface area contributed by atoms with Crippen molar-refractivity contribution in [3.63, 3.8) is 0 Å². The molecule has 1 aliphatic heterocycles. The first kappa shape index (κ1) is 14.0. The van der Waals surface area contributed by atoms with Crippen LogP contribution in [0.25, 0.3) is 0 Å². The van der Waals surface area contributed by atoms with Gasteiger partial charge in [0.05, 0.1) is 10.7 Å². The number of hydrogen-bond acceptors (Lipinski definition) is 4. The Balaban J connectivity index is 1.72. The van der Waals surface area contributed by atoms with Crippen LogP contribution in [0.15, 0.2) is 0 Å². The van der Waals surface area contributed by atoms with E-state index < -0.39 is 0 Å². The Morgan fingerprint density at radius 1 is 1.30 bits per heavy atom. The minimum atomic E-state index is 0.217. The number of thiazole rings is 1. The van der Waals surface area contributed by atoms with Gasteiger partial charge in [0.25, 0.3) is 5.91 Å². The molecule has 1 N–H and O–H groups in total. The summed E-state index contributed by atoms with van der Waals surface area (Å²) in [7, 11) is 0. The molecule has 1 saturated heterocycles. The molecule has 20 heavy (non-hydrogen) atoms. The maximum atomic E-state index is 12.8. The van der Waals surface area contributed by atoms with Gasteiger partial charge in [-0.1, -0.05) is 0 Å². The highest BCUT2D eigenvalue weighted by atomic mass is 32.1. The van der Waals surface area contributed by atoms with Crippen molar-refractivity contribution in [3.05, 3.63) is 15.6 Å². The maximum Gasteiger partial charge on any atom is 0.266 e. The molecule has 2 fully saturated rings. The Labute approximate surface area is 124 Å². The smallest absolute Gasteiger partial charge is 0.266 e. The zero-order valence-corrected chi connectivity index (χ0v) is 13.1. The van der Waals surface area contributed by atoms with Gasteiger partial charge >= 0.3 is 0 Å². The Morgan fingerprint density at radius 2 is 2.00 bits per heavy atom. The number of rotatable bonds is 4. The first-order valence-corrected chi connectivity index (χ1v) is 8.42. The number of hydrogen-bond donors (Lipinski definition) is 1. The standard InChI is InChI=1S/C15H23N3OS/c1-10-14(20-11(2)17-10)15(19)18(13-3-4-13)9-12-5-7-16-8-6-12/h12-13,16H,3-9H2,1-2H3. The van der Waals surface area contributed by atoms with E-state index in [0.29, 0.717) is 12.0 Å². The third kappa shape index (κ3) is 3.04. The molecule has 2 heterocycles. The Kier molecular flexibility index (Phi) is 4.08. The fourth-order valence-corrected chi connectivity index (χ4v) is 3.86. The Bertz CT molecular complexity index is 489. The lowest BCUT2D eigenvalue weighted by Crippen LogP contribution is -2.40. The molecule has 0 radical (unpaired) electrons. The molecule has 1 aromatic heterocycles. The van der Waals surface area contributed by atoms with Crippen molar-refractivity contribution in [1.82, 2.24) is 15.2 Å². The zero-order chi connectivity index (χ0) is 14.1. The SMILES string of the molecule is Cc1nc(C)c(C(=O)N(CC2CCNCC2)C2CC2)s1. The van der Waals surface area contributed by atoms with Gasteiger partial charge in [-0.25, -0.2) is 4.98 Å². The van der Waals surface area contributed by atoms with Gasteiger partial charge in [-0.15, -0.1) is 11.3 Å². The molecule has 0 unspecified atom stereocenters. The monoisotopic (exact) mass is 293 g/mol. The van der Waals surface area contributed by atoms with Crippen molar-refractivity contribution in [1.29, 1.82) is 0 Å². The number of aryl methyl sites for hydroxylation is 2. The van der Waals surface area contributed by atoms with E-state index in [2.05, 4.69) is 15.2 Å². The predicted octanol–water partition coefficient (Wildman–Crippen LogP) is 2.36. The van der Waals surface area contributed by atoms with Crippen LogP contribution >= 0.6 is 11.3 Å². The molecule has 110 valence electrons. The Morgan fingerprint density at radius 3 is 2.55 bits per heavy atom. The number of amides is 1. The molecule has 1 amide bonds. The van der Waals surface area contributed by atoms with E-state index in [0.717, 1.165) is 35.2 Å². The zero-order valence-electron chi connectivity index (χ0n) is 12.3. The van der Waals surface area contributed by atoms with E-state index >= 15 is 0 Å². The van der Waals surface area contributed by atoms with Crippen molar-refractivity contribution in [3.8, 4) is 0 Å². The summed E-state index contributed by atoms with van der Waals surface area (Å²) in [5.74, 6) is 0.879. The van der Waals surface area contributed by atoms with Gasteiger partial charge in [-0.2, -0.15) is 0 Å². The summed E-state index contributed by atoms with van der Waals surface area (Å²) in [5, 5.41) is 4.38. The second-order valence-electron chi connectivity index (χ2n) is 6.03. The van der Waals surface area contributed by atoms with Crippen LogP contribution in [0.1, 0.15) is 46.1 Å². The highest BCUT2D eigenvalue weighted by molar-refractivity contribution is 7.13. The molecular formula is C15H23N3OS. The molecule has 0 atom stereocenters. The van der Waals surface area contributed by atoms with Gasteiger partial charge in [-0.05, 0) is 58.5 Å². The van der Waals surface area contributed by atoms with Crippen molar-refractivity contribution >= 4 is 17.2 Å². The van der Waals surface area contributed by atoms with Gasteiger partial charge in [0.15, 0.2) is 0 Å². The number of carbonyl (C=O) groups is 1. The van der Waals surface area contributed by atoms with Gasteiger partial charge in [0.1, 0.15) is 4.88 Å². The molecule has 0 spiro atoms. The number of aromatic nitrogens is 1. The number of nitrogens with one attached hydrogen (secondary N) is 1. The van der Waals surface area contributed by atoms with E-state index in [-0.39, 0.29) is 5.91 Å². The molecule has 1 saturated carbocycles. The van der Waals surface area contributed by atoms with Crippen LogP contribution in [0.4, 0.5) is 0 Å². The van der Waals surface area contributed by atoms with Crippen molar-refractivity contribution in [2.45, 2.75) is 45.6 Å². The summed E-state index contributed by atoms with van der Waals surface area (Å²) in [4.78, 5) is 20.2. The summed E-state index contributed by atoms with van der Waals surface area (Å²) in [5.41, 5.74) is 0.897. The number of nitrogens with zero attached hydrogens (tertiary/aromatic N) is 2. The van der Waals surface area contributed by atoms with Crippen molar-refractivity contribution < 1.29 is 4.79 Å². The molecule has 3 rings (SSSR count). The molecule has 1 aliphatic carbocycles. The van der Waals surface area contributed by atoms with Crippen LogP contribution in [0.3, 0.4) is 0 Å². The second-order valence-corrected chi connectivity index (χ2v) is 7.23. The fraction of sp³-hybridized carbons (Fsp3) is 0.733. The van der Waals surface area contributed by atoms with Crippen molar-refractivity contribution in [2.24, 2.45) is 5.92 Å². The molecule has 0 bridgehead atoms. The molecule has 1 aromatic rings. The van der Waals surface area contributed by atoms with Gasteiger partial charge in [0.2, 0.25) is 0 Å². The van der Waals surface area contributed by atoms with Gasteiger partial charge < -0.3 is 10.2 Å². The largest absolute Gasteiger partial charge is 0.335 e. The van der Waals surface area contributed by atoms with Crippen LogP contribution < -0.4 is 5.32 Å². The lowest BCUT2D eigenvalue weighted by atomic mass is 9.97. The summed E-state index contributed by atoms with van der Waals surface area (Å²) in [6.07, 6.45) is 4.73. The minimum absolute atomic E-state index is 0.217. The summed E-state index contributed by atoms with van der Waals surface area (Å²) < 4.78 is 0. The number of piperidine rings is 1. The average Bonchev–Trinajstić information content (AvgIpc) is 3.22.